The Morgan fingerprint density at radius 1 is 1.69 bits per heavy atom. The first kappa shape index (κ1) is 9.51. The maximum Gasteiger partial charge on any atom is 0.257 e. The Hall–Kier alpha value is -1.58. The van der Waals surface area contributed by atoms with Crippen molar-refractivity contribution in [2.24, 2.45) is 0 Å². The highest BCUT2D eigenvalue weighted by Crippen LogP contribution is 2.12. The van der Waals surface area contributed by atoms with E-state index in [4.69, 9.17) is 4.74 Å². The van der Waals surface area contributed by atoms with Crippen LogP contribution >= 0.6 is 0 Å². The number of hydrogen-bond donors (Lipinski definition) is 1. The molecule has 0 radical (unpaired) electrons. The first-order valence-corrected chi connectivity index (χ1v) is 3.99. The normalized spacial score (nSPS) is 9.38. The molecule has 0 saturated carbocycles. The zero-order valence-electron chi connectivity index (χ0n) is 7.70. The fourth-order valence-corrected chi connectivity index (χ4v) is 0.838. The summed E-state index contributed by atoms with van der Waals surface area (Å²) in [5.74, 6) is 0.495. The molecule has 70 valence electrons. The third-order valence-electron chi connectivity index (χ3n) is 1.60. The van der Waals surface area contributed by atoms with Crippen LogP contribution in [-0.2, 0) is 4.79 Å². The van der Waals surface area contributed by atoms with E-state index in [9.17, 15) is 4.79 Å². The van der Waals surface area contributed by atoms with Gasteiger partial charge in [0.2, 0.25) is 0 Å². The van der Waals surface area contributed by atoms with Crippen LogP contribution in [0.2, 0.25) is 0 Å². The number of aryl methyl sites for hydroxylation is 1. The van der Waals surface area contributed by atoms with Crippen molar-refractivity contribution in [1.82, 2.24) is 10.3 Å². The fraction of sp³-hybridized carbons (Fsp3) is 0.333. The van der Waals surface area contributed by atoms with E-state index in [1.165, 1.54) is 0 Å². The molecule has 1 aromatic rings. The minimum absolute atomic E-state index is 0.0308. The Morgan fingerprint density at radius 2 is 2.46 bits per heavy atom. The summed E-state index contributed by atoms with van der Waals surface area (Å²) in [5.41, 5.74) is 0.784. The maximum absolute atomic E-state index is 10.8. The van der Waals surface area contributed by atoms with Crippen LogP contribution in [-0.4, -0.2) is 24.5 Å². The van der Waals surface area contributed by atoms with Crippen molar-refractivity contribution in [3.63, 3.8) is 0 Å². The van der Waals surface area contributed by atoms with Gasteiger partial charge in [-0.3, -0.25) is 9.78 Å². The molecular weight excluding hydrogens is 168 g/mol. The number of aromatic nitrogens is 1. The van der Waals surface area contributed by atoms with Crippen LogP contribution < -0.4 is 10.1 Å². The SMILES string of the molecule is CNC(=O)COc1cccnc1C. The van der Waals surface area contributed by atoms with Gasteiger partial charge in [-0.2, -0.15) is 0 Å². The highest BCUT2D eigenvalue weighted by molar-refractivity contribution is 5.77. The van der Waals surface area contributed by atoms with E-state index in [0.717, 1.165) is 5.69 Å². The molecule has 1 amide bonds. The third-order valence-corrected chi connectivity index (χ3v) is 1.60. The number of amides is 1. The van der Waals surface area contributed by atoms with Gasteiger partial charge in [0, 0.05) is 13.2 Å². The van der Waals surface area contributed by atoms with E-state index < -0.39 is 0 Å². The van der Waals surface area contributed by atoms with Crippen molar-refractivity contribution >= 4 is 5.91 Å². The Labute approximate surface area is 76.9 Å². The minimum Gasteiger partial charge on any atom is -0.482 e. The Morgan fingerprint density at radius 3 is 3.08 bits per heavy atom. The molecule has 0 aliphatic carbocycles. The zero-order valence-corrected chi connectivity index (χ0v) is 7.70. The van der Waals surface area contributed by atoms with Gasteiger partial charge in [-0.25, -0.2) is 0 Å². The lowest BCUT2D eigenvalue weighted by Gasteiger charge is -2.06. The van der Waals surface area contributed by atoms with Gasteiger partial charge in [0.25, 0.3) is 5.91 Å². The Bertz CT molecular complexity index is 299. The number of nitrogens with one attached hydrogen (secondary N) is 1. The monoisotopic (exact) mass is 180 g/mol. The Kier molecular flexibility index (Phi) is 3.25. The predicted molar refractivity (Wildman–Crippen MR) is 48.5 cm³/mol. The van der Waals surface area contributed by atoms with Gasteiger partial charge in [0.05, 0.1) is 5.69 Å². The molecule has 4 nitrogen and oxygen atoms in total. The number of pyridine rings is 1. The van der Waals surface area contributed by atoms with Crippen molar-refractivity contribution < 1.29 is 9.53 Å². The highest BCUT2D eigenvalue weighted by Gasteiger charge is 2.01. The first-order valence-electron chi connectivity index (χ1n) is 3.99. The number of rotatable bonds is 3. The molecule has 0 unspecified atom stereocenters. The summed E-state index contributed by atoms with van der Waals surface area (Å²) < 4.78 is 5.21. The zero-order chi connectivity index (χ0) is 9.68. The van der Waals surface area contributed by atoms with Crippen LogP contribution in [0.3, 0.4) is 0 Å². The average Bonchev–Trinajstić information content (AvgIpc) is 2.16. The summed E-state index contributed by atoms with van der Waals surface area (Å²) in [4.78, 5) is 14.9. The molecule has 1 N–H and O–H groups in total. The van der Waals surface area contributed by atoms with E-state index in [1.54, 1.807) is 25.4 Å². The van der Waals surface area contributed by atoms with E-state index in [2.05, 4.69) is 10.3 Å². The lowest BCUT2D eigenvalue weighted by Crippen LogP contribution is -2.25. The quantitative estimate of drug-likeness (QED) is 0.737. The molecule has 0 bridgehead atoms. The van der Waals surface area contributed by atoms with Gasteiger partial charge in [0.1, 0.15) is 5.75 Å². The van der Waals surface area contributed by atoms with Crippen molar-refractivity contribution in [1.29, 1.82) is 0 Å². The van der Waals surface area contributed by atoms with Crippen LogP contribution in [0.25, 0.3) is 0 Å². The van der Waals surface area contributed by atoms with Crippen LogP contribution in [0.4, 0.5) is 0 Å². The topological polar surface area (TPSA) is 51.2 Å². The largest absolute Gasteiger partial charge is 0.482 e. The second-order valence-electron chi connectivity index (χ2n) is 2.55. The smallest absolute Gasteiger partial charge is 0.257 e. The molecular formula is C9H12N2O2. The predicted octanol–water partition coefficient (Wildman–Crippen LogP) is 0.515. The van der Waals surface area contributed by atoms with E-state index in [0.29, 0.717) is 5.75 Å². The summed E-state index contributed by atoms with van der Waals surface area (Å²) in [7, 11) is 1.57. The summed E-state index contributed by atoms with van der Waals surface area (Å²) in [6, 6.07) is 3.55. The van der Waals surface area contributed by atoms with Gasteiger partial charge in [-0.05, 0) is 19.1 Å². The van der Waals surface area contributed by atoms with E-state index in [-0.39, 0.29) is 12.5 Å². The second-order valence-corrected chi connectivity index (χ2v) is 2.55. The lowest BCUT2D eigenvalue weighted by atomic mass is 10.3. The van der Waals surface area contributed by atoms with Gasteiger partial charge in [-0.15, -0.1) is 0 Å². The molecule has 0 saturated heterocycles. The summed E-state index contributed by atoms with van der Waals surface area (Å²) in [5, 5.41) is 2.47. The molecule has 1 heterocycles. The molecule has 0 aliphatic heterocycles. The number of likely N-dealkylation sites (N-methyl/N-ethyl adjacent to an activating group) is 1. The van der Waals surface area contributed by atoms with Crippen LogP contribution in [0.1, 0.15) is 5.69 Å². The highest BCUT2D eigenvalue weighted by atomic mass is 16.5. The van der Waals surface area contributed by atoms with Gasteiger partial charge >= 0.3 is 0 Å². The first-order chi connectivity index (χ1) is 6.24. The molecule has 0 spiro atoms. The van der Waals surface area contributed by atoms with Gasteiger partial charge in [-0.1, -0.05) is 0 Å². The van der Waals surface area contributed by atoms with Crippen LogP contribution in [0.5, 0.6) is 5.75 Å². The van der Waals surface area contributed by atoms with Crippen molar-refractivity contribution in [2.75, 3.05) is 13.7 Å². The molecule has 4 heteroatoms. The maximum atomic E-state index is 10.8. The van der Waals surface area contributed by atoms with Crippen molar-refractivity contribution in [3.05, 3.63) is 24.0 Å². The summed E-state index contributed by atoms with van der Waals surface area (Å²) in [6.45, 7) is 1.86. The number of carbonyl (C=O) groups excluding carboxylic acids is 1. The molecule has 0 atom stereocenters. The fourth-order valence-electron chi connectivity index (χ4n) is 0.838. The second kappa shape index (κ2) is 4.45. The molecule has 1 aromatic heterocycles. The molecule has 0 aromatic carbocycles. The van der Waals surface area contributed by atoms with Crippen molar-refractivity contribution in [3.8, 4) is 5.75 Å². The summed E-state index contributed by atoms with van der Waals surface area (Å²) >= 11 is 0. The molecule has 1 rings (SSSR count). The minimum atomic E-state index is -0.150. The van der Waals surface area contributed by atoms with Crippen LogP contribution in [0.15, 0.2) is 18.3 Å². The average molecular weight is 180 g/mol. The molecule has 0 aliphatic rings. The van der Waals surface area contributed by atoms with Crippen molar-refractivity contribution in [2.45, 2.75) is 6.92 Å². The molecule has 0 fully saturated rings. The standard InChI is InChI=1S/C9H12N2O2/c1-7-8(4-3-5-11-7)13-6-9(12)10-2/h3-5H,6H2,1-2H3,(H,10,12). The number of nitrogens with zero attached hydrogens (tertiary/aromatic N) is 1. The van der Waals surface area contributed by atoms with Gasteiger partial charge < -0.3 is 10.1 Å². The molecule has 13 heavy (non-hydrogen) atoms. The number of ether oxygens (including phenoxy) is 1. The lowest BCUT2D eigenvalue weighted by molar-refractivity contribution is -0.122. The van der Waals surface area contributed by atoms with Gasteiger partial charge in [0.15, 0.2) is 6.61 Å². The van der Waals surface area contributed by atoms with E-state index >= 15 is 0 Å². The number of carbonyl (C=O) groups is 1. The van der Waals surface area contributed by atoms with E-state index in [1.807, 2.05) is 6.92 Å². The number of hydrogen-bond acceptors (Lipinski definition) is 3. The van der Waals surface area contributed by atoms with Crippen LogP contribution in [0, 0.1) is 6.92 Å². The Balaban J connectivity index is 2.54. The third kappa shape index (κ3) is 2.74. The summed E-state index contributed by atoms with van der Waals surface area (Å²) in [6.07, 6.45) is 1.68.